The van der Waals surface area contributed by atoms with E-state index in [4.69, 9.17) is 4.74 Å². The summed E-state index contributed by atoms with van der Waals surface area (Å²) in [5.41, 5.74) is 1.45. The van der Waals surface area contributed by atoms with Crippen molar-refractivity contribution in [1.29, 1.82) is 0 Å². The molecular formula is C27H46O. The van der Waals surface area contributed by atoms with E-state index in [-0.39, 0.29) is 0 Å². The zero-order valence-corrected chi connectivity index (χ0v) is 19.4. The second-order valence-electron chi connectivity index (χ2n) is 12.8. The Morgan fingerprint density at radius 1 is 0.893 bits per heavy atom. The number of hydrogen-bond donors (Lipinski definition) is 0. The highest BCUT2D eigenvalue weighted by Gasteiger charge is 2.75. The van der Waals surface area contributed by atoms with Crippen LogP contribution in [0.4, 0.5) is 0 Å². The zero-order valence-electron chi connectivity index (χ0n) is 19.4. The first-order chi connectivity index (χ1) is 13.3. The molecule has 5 rings (SSSR count). The third-order valence-electron chi connectivity index (χ3n) is 11.2. The largest absolute Gasteiger partial charge is 0.365 e. The third kappa shape index (κ3) is 2.66. The molecule has 1 saturated heterocycles. The van der Waals surface area contributed by atoms with Gasteiger partial charge in [-0.25, -0.2) is 0 Å². The van der Waals surface area contributed by atoms with Crippen molar-refractivity contribution in [3.63, 3.8) is 0 Å². The summed E-state index contributed by atoms with van der Waals surface area (Å²) in [6, 6.07) is 0. The molecule has 0 aromatic rings. The van der Waals surface area contributed by atoms with Crippen LogP contribution in [0.3, 0.4) is 0 Å². The molecule has 1 spiro atoms. The summed E-state index contributed by atoms with van der Waals surface area (Å²) < 4.78 is 6.60. The van der Waals surface area contributed by atoms with Crippen molar-refractivity contribution in [1.82, 2.24) is 0 Å². The van der Waals surface area contributed by atoms with Crippen molar-refractivity contribution >= 4 is 0 Å². The summed E-state index contributed by atoms with van der Waals surface area (Å²) in [5.74, 6) is 5.69. The van der Waals surface area contributed by atoms with Crippen molar-refractivity contribution in [3.05, 3.63) is 0 Å². The SMILES string of the molecule is CC(C)CCC[C@@H](C)[C@H]1CC[C@H]2[C@@H]3C[C@@H]4O[C@@]45CCCC[C@]5(C)[C@H]3CC[C@]12C. The molecule has 1 aliphatic heterocycles. The Balaban J connectivity index is 1.33. The fraction of sp³-hybridized carbons (Fsp3) is 1.00. The van der Waals surface area contributed by atoms with E-state index >= 15 is 0 Å². The lowest BCUT2D eigenvalue weighted by Gasteiger charge is -2.59. The van der Waals surface area contributed by atoms with Crippen molar-refractivity contribution in [2.24, 2.45) is 46.3 Å². The first kappa shape index (κ1) is 19.9. The lowest BCUT2D eigenvalue weighted by molar-refractivity contribution is -0.100. The molecule has 0 N–H and O–H groups in total. The molecule has 1 heterocycles. The van der Waals surface area contributed by atoms with Gasteiger partial charge in [0.1, 0.15) is 5.60 Å². The first-order valence-electron chi connectivity index (χ1n) is 13.0. The average molecular weight is 387 g/mol. The van der Waals surface area contributed by atoms with Crippen LogP contribution in [-0.2, 0) is 4.74 Å². The van der Waals surface area contributed by atoms with Crippen molar-refractivity contribution in [2.45, 2.75) is 123 Å². The minimum absolute atomic E-state index is 0.322. The Hall–Kier alpha value is -0.0400. The second kappa shape index (κ2) is 6.73. The van der Waals surface area contributed by atoms with Crippen LogP contribution in [0.25, 0.3) is 0 Å². The van der Waals surface area contributed by atoms with Crippen LogP contribution in [0.2, 0.25) is 0 Å². The maximum Gasteiger partial charge on any atom is 0.100 e. The van der Waals surface area contributed by atoms with Gasteiger partial charge in [0.2, 0.25) is 0 Å². The molecule has 160 valence electrons. The Morgan fingerprint density at radius 2 is 1.68 bits per heavy atom. The molecule has 9 atom stereocenters. The first-order valence-corrected chi connectivity index (χ1v) is 13.0. The van der Waals surface area contributed by atoms with Crippen LogP contribution in [0.5, 0.6) is 0 Å². The van der Waals surface area contributed by atoms with Gasteiger partial charge < -0.3 is 4.74 Å². The van der Waals surface area contributed by atoms with Crippen LogP contribution < -0.4 is 0 Å². The number of ether oxygens (including phenoxy) is 1. The predicted octanol–water partition coefficient (Wildman–Crippen LogP) is 7.63. The zero-order chi connectivity index (χ0) is 19.7. The Morgan fingerprint density at radius 3 is 2.46 bits per heavy atom. The fourth-order valence-electron chi connectivity index (χ4n) is 9.74. The Bertz CT molecular complexity index is 597. The number of hydrogen-bond acceptors (Lipinski definition) is 1. The molecule has 4 saturated carbocycles. The average Bonchev–Trinajstić information content (AvgIpc) is 3.23. The Kier molecular flexibility index (Phi) is 4.78. The summed E-state index contributed by atoms with van der Waals surface area (Å²) >= 11 is 0. The topological polar surface area (TPSA) is 12.5 Å². The minimum Gasteiger partial charge on any atom is -0.365 e. The van der Waals surface area contributed by atoms with Crippen molar-refractivity contribution in [3.8, 4) is 0 Å². The minimum atomic E-state index is 0.322. The standard InChI is InChI=1S/C27H46O/c1-18(2)9-8-10-19(3)21-11-12-22-20-17-24-27(28-24)15-7-6-14-26(27,5)23(20)13-16-25(21,22)4/h18-24H,6-17H2,1-5H3/t19-,20+,21-,22+,23+,24+,25-,26-,27+/m1/s1. The molecule has 4 aliphatic carbocycles. The van der Waals surface area contributed by atoms with Crippen LogP contribution in [0.15, 0.2) is 0 Å². The van der Waals surface area contributed by atoms with Gasteiger partial charge in [0.05, 0.1) is 6.10 Å². The van der Waals surface area contributed by atoms with Gasteiger partial charge in [-0.15, -0.1) is 0 Å². The number of fused-ring (bicyclic) bond motifs is 4. The lowest BCUT2D eigenvalue weighted by atomic mass is 9.44. The van der Waals surface area contributed by atoms with E-state index in [0.29, 0.717) is 22.5 Å². The fourth-order valence-corrected chi connectivity index (χ4v) is 9.74. The summed E-state index contributed by atoms with van der Waals surface area (Å²) in [6.07, 6.45) is 18.1. The predicted molar refractivity (Wildman–Crippen MR) is 117 cm³/mol. The van der Waals surface area contributed by atoms with Crippen LogP contribution in [-0.4, -0.2) is 11.7 Å². The number of epoxide rings is 1. The highest BCUT2D eigenvalue weighted by Crippen LogP contribution is 2.74. The maximum atomic E-state index is 6.60. The lowest BCUT2D eigenvalue weighted by Crippen LogP contribution is -2.57. The molecule has 1 heteroatoms. The quantitative estimate of drug-likeness (QED) is 0.442. The maximum absolute atomic E-state index is 6.60. The highest BCUT2D eigenvalue weighted by molar-refractivity contribution is 5.23. The van der Waals surface area contributed by atoms with Gasteiger partial charge in [0.25, 0.3) is 0 Å². The van der Waals surface area contributed by atoms with Gasteiger partial charge in [-0.3, -0.25) is 0 Å². The number of rotatable bonds is 5. The van der Waals surface area contributed by atoms with Gasteiger partial charge in [0, 0.05) is 5.41 Å². The molecule has 0 aromatic carbocycles. The van der Waals surface area contributed by atoms with E-state index in [2.05, 4.69) is 34.6 Å². The molecule has 1 nitrogen and oxygen atoms in total. The second-order valence-corrected chi connectivity index (χ2v) is 12.8. The summed E-state index contributed by atoms with van der Waals surface area (Å²) in [5, 5.41) is 0. The monoisotopic (exact) mass is 386 g/mol. The highest BCUT2D eigenvalue weighted by atomic mass is 16.6. The molecule has 0 bridgehead atoms. The van der Waals surface area contributed by atoms with Gasteiger partial charge in [-0.05, 0) is 85.9 Å². The van der Waals surface area contributed by atoms with E-state index < -0.39 is 0 Å². The third-order valence-corrected chi connectivity index (χ3v) is 11.2. The van der Waals surface area contributed by atoms with Gasteiger partial charge in [0.15, 0.2) is 0 Å². The molecule has 0 amide bonds. The van der Waals surface area contributed by atoms with Crippen LogP contribution >= 0.6 is 0 Å². The van der Waals surface area contributed by atoms with E-state index in [9.17, 15) is 0 Å². The normalized spacial score (nSPS) is 53.1. The molecular weight excluding hydrogens is 340 g/mol. The van der Waals surface area contributed by atoms with Crippen molar-refractivity contribution in [2.75, 3.05) is 0 Å². The molecule has 5 aliphatic rings. The van der Waals surface area contributed by atoms with Crippen molar-refractivity contribution < 1.29 is 4.74 Å². The summed E-state index contributed by atoms with van der Waals surface area (Å²) in [7, 11) is 0. The van der Waals surface area contributed by atoms with Gasteiger partial charge in [-0.2, -0.15) is 0 Å². The summed E-state index contributed by atoms with van der Waals surface area (Å²) in [4.78, 5) is 0. The molecule has 0 aromatic heterocycles. The van der Waals surface area contributed by atoms with Gasteiger partial charge >= 0.3 is 0 Å². The smallest absolute Gasteiger partial charge is 0.100 e. The molecule has 0 radical (unpaired) electrons. The van der Waals surface area contributed by atoms with Gasteiger partial charge in [-0.1, -0.05) is 66.7 Å². The van der Waals surface area contributed by atoms with E-state index in [1.54, 1.807) is 0 Å². The van der Waals surface area contributed by atoms with Crippen LogP contribution in [0.1, 0.15) is 112 Å². The Labute approximate surface area is 174 Å². The van der Waals surface area contributed by atoms with E-state index in [0.717, 1.165) is 35.5 Å². The van der Waals surface area contributed by atoms with E-state index in [1.165, 1.54) is 77.0 Å². The summed E-state index contributed by atoms with van der Waals surface area (Å²) in [6.45, 7) is 12.8. The van der Waals surface area contributed by atoms with E-state index in [1.807, 2.05) is 0 Å². The molecule has 5 fully saturated rings. The molecule has 0 unspecified atom stereocenters. The van der Waals surface area contributed by atoms with Crippen LogP contribution in [0, 0.1) is 46.3 Å². The molecule has 28 heavy (non-hydrogen) atoms.